The number of carboxylic acid groups (broad SMARTS) is 3. The second kappa shape index (κ2) is 10.3. The van der Waals surface area contributed by atoms with Crippen molar-refractivity contribution >= 4 is 17.9 Å². The first-order valence-electron chi connectivity index (χ1n) is 7.89. The van der Waals surface area contributed by atoms with E-state index in [1.807, 2.05) is 0 Å². The van der Waals surface area contributed by atoms with Crippen molar-refractivity contribution < 1.29 is 43.9 Å². The predicted octanol–water partition coefficient (Wildman–Crippen LogP) is 1.20. The van der Waals surface area contributed by atoms with Crippen LogP contribution < -0.4 is 0 Å². The molecule has 9 nitrogen and oxygen atoms in total. The molecular weight excluding hydrogens is 336 g/mol. The van der Waals surface area contributed by atoms with Crippen molar-refractivity contribution in [3.63, 3.8) is 0 Å². The van der Waals surface area contributed by atoms with Gasteiger partial charge in [-0.2, -0.15) is 0 Å². The molecule has 145 valence electrons. The Morgan fingerprint density at radius 1 is 0.520 bits per heavy atom. The molecule has 1 radical (unpaired) electrons. The molecule has 0 bridgehead atoms. The Hall–Kier alpha value is -1.71. The molecule has 0 rings (SSSR count). The third-order valence-electron chi connectivity index (χ3n) is 3.68. The molecule has 0 fully saturated rings. The monoisotopic (exact) mass is 363 g/mol. The van der Waals surface area contributed by atoms with Crippen LogP contribution in [0.2, 0.25) is 0 Å². The lowest BCUT2D eigenvalue weighted by Gasteiger charge is -2.35. The quantitative estimate of drug-likeness (QED) is 0.466. The van der Waals surface area contributed by atoms with Crippen molar-refractivity contribution in [2.75, 3.05) is 0 Å². The highest BCUT2D eigenvalue weighted by Gasteiger charge is 2.36. The minimum absolute atomic E-state index is 0.411. The number of hydrogen-bond acceptors (Lipinski definition) is 6. The van der Waals surface area contributed by atoms with E-state index in [-0.39, 0.29) is 0 Å². The molecule has 3 N–H and O–H groups in total. The molecule has 25 heavy (non-hydrogen) atoms. The first-order chi connectivity index (χ1) is 11.4. The Balaban J connectivity index is 5.29. The molecule has 6 atom stereocenters. The van der Waals surface area contributed by atoms with Crippen LogP contribution in [0.15, 0.2) is 0 Å². The Morgan fingerprint density at radius 3 is 0.880 bits per heavy atom. The molecule has 0 aliphatic heterocycles. The van der Waals surface area contributed by atoms with E-state index in [2.05, 4.69) is 0 Å². The summed E-state index contributed by atoms with van der Waals surface area (Å²) in [6, 6.07) is 0. The van der Waals surface area contributed by atoms with Crippen LogP contribution in [0.4, 0.5) is 0 Å². The van der Waals surface area contributed by atoms with E-state index in [1.54, 1.807) is 20.8 Å². The van der Waals surface area contributed by atoms with Gasteiger partial charge >= 0.3 is 17.9 Å². The van der Waals surface area contributed by atoms with Crippen LogP contribution >= 0.6 is 0 Å². The minimum atomic E-state index is -1.16. The van der Waals surface area contributed by atoms with Gasteiger partial charge in [0.2, 0.25) is 0 Å². The molecule has 0 saturated heterocycles. The molecular formula is C16H27O9. The molecule has 0 saturated carbocycles. The number of carboxylic acids is 3. The van der Waals surface area contributed by atoms with Gasteiger partial charge in [-0.3, -0.25) is 0 Å². The summed E-state index contributed by atoms with van der Waals surface area (Å²) in [7, 11) is 0. The first kappa shape index (κ1) is 23.3. The third kappa shape index (κ3) is 7.80. The summed E-state index contributed by atoms with van der Waals surface area (Å²) in [4.78, 5) is 32.9. The van der Waals surface area contributed by atoms with E-state index >= 15 is 0 Å². The van der Waals surface area contributed by atoms with Crippen molar-refractivity contribution in [2.45, 2.75) is 78.2 Å². The highest BCUT2D eigenvalue weighted by molar-refractivity contribution is 5.72. The summed E-state index contributed by atoms with van der Waals surface area (Å²) in [5.41, 5.74) is 0. The van der Waals surface area contributed by atoms with E-state index in [9.17, 15) is 14.4 Å². The fourth-order valence-electron chi connectivity index (χ4n) is 2.32. The average Bonchev–Trinajstić information content (AvgIpc) is 2.46. The standard InChI is InChI=1S/C16H27O9/c1-7(23-10(4)14(17)18)13(8(2)24-11(5)15(19)20)9(3)25-12(6)16(21)22/h7-12H,1-6H3,(H,17,18)(H,19,20)(H,21,22). The average molecular weight is 363 g/mol. The van der Waals surface area contributed by atoms with Gasteiger partial charge in [-0.1, -0.05) is 0 Å². The first-order valence-corrected chi connectivity index (χ1v) is 7.89. The van der Waals surface area contributed by atoms with Crippen molar-refractivity contribution in [3.05, 3.63) is 5.92 Å². The third-order valence-corrected chi connectivity index (χ3v) is 3.68. The lowest BCUT2D eigenvalue weighted by atomic mass is 9.91. The second-order valence-corrected chi connectivity index (χ2v) is 5.78. The van der Waals surface area contributed by atoms with Crippen LogP contribution in [0, 0.1) is 5.92 Å². The summed E-state index contributed by atoms with van der Waals surface area (Å²) >= 11 is 0. The summed E-state index contributed by atoms with van der Waals surface area (Å²) < 4.78 is 16.2. The Labute approximate surface area is 146 Å². The smallest absolute Gasteiger partial charge is 0.332 e. The van der Waals surface area contributed by atoms with Gasteiger partial charge in [0, 0.05) is 0 Å². The number of rotatable bonds is 12. The van der Waals surface area contributed by atoms with Gasteiger partial charge in [-0.25, -0.2) is 14.4 Å². The van der Waals surface area contributed by atoms with Gasteiger partial charge in [0.25, 0.3) is 0 Å². The van der Waals surface area contributed by atoms with Crippen molar-refractivity contribution in [2.24, 2.45) is 0 Å². The highest BCUT2D eigenvalue weighted by atomic mass is 16.6. The molecule has 6 unspecified atom stereocenters. The number of ether oxygens (including phenoxy) is 3. The second-order valence-electron chi connectivity index (χ2n) is 5.78. The Kier molecular flexibility index (Phi) is 9.61. The molecule has 0 aromatic carbocycles. The maximum absolute atomic E-state index is 11.0. The molecule has 0 aromatic rings. The van der Waals surface area contributed by atoms with Crippen LogP contribution in [0.3, 0.4) is 0 Å². The molecule has 0 aliphatic carbocycles. The highest BCUT2D eigenvalue weighted by Crippen LogP contribution is 2.27. The van der Waals surface area contributed by atoms with Crippen LogP contribution in [0.25, 0.3) is 0 Å². The van der Waals surface area contributed by atoms with Crippen molar-refractivity contribution in [1.82, 2.24) is 0 Å². The fraction of sp³-hybridized carbons (Fsp3) is 0.750. The molecule has 0 heterocycles. The van der Waals surface area contributed by atoms with Crippen molar-refractivity contribution in [1.29, 1.82) is 0 Å². The van der Waals surface area contributed by atoms with Gasteiger partial charge in [-0.05, 0) is 41.5 Å². The minimum Gasteiger partial charge on any atom is -0.479 e. The SMILES string of the molecule is CC(OC(C)C(=O)O)[C](C(C)OC(C)C(=O)O)C(C)OC(C)C(=O)O. The normalized spacial score (nSPS) is 18.8. The summed E-state index contributed by atoms with van der Waals surface area (Å²) in [5, 5.41) is 26.9. The number of carbonyl (C=O) groups is 3. The van der Waals surface area contributed by atoms with Crippen LogP contribution in [0.5, 0.6) is 0 Å². The summed E-state index contributed by atoms with van der Waals surface area (Å²) in [6.07, 6.45) is -5.64. The van der Waals surface area contributed by atoms with E-state index in [0.717, 1.165) is 0 Å². The van der Waals surface area contributed by atoms with E-state index < -0.39 is 54.5 Å². The van der Waals surface area contributed by atoms with E-state index in [4.69, 9.17) is 29.5 Å². The number of hydrogen-bond donors (Lipinski definition) is 3. The Bertz CT molecular complexity index is 398. The van der Waals surface area contributed by atoms with Gasteiger partial charge in [-0.15, -0.1) is 0 Å². The molecule has 0 aromatic heterocycles. The lowest BCUT2D eigenvalue weighted by Crippen LogP contribution is -2.44. The topological polar surface area (TPSA) is 140 Å². The maximum atomic E-state index is 11.0. The summed E-state index contributed by atoms with van der Waals surface area (Å²) in [6.45, 7) is 8.79. The lowest BCUT2D eigenvalue weighted by molar-refractivity contribution is -0.160. The van der Waals surface area contributed by atoms with E-state index in [0.29, 0.717) is 5.92 Å². The van der Waals surface area contributed by atoms with Gasteiger partial charge in [0.05, 0.1) is 24.2 Å². The zero-order valence-electron chi connectivity index (χ0n) is 15.3. The Morgan fingerprint density at radius 2 is 0.720 bits per heavy atom. The molecule has 0 spiro atoms. The molecule has 9 heteroatoms. The molecule has 0 amide bonds. The maximum Gasteiger partial charge on any atom is 0.332 e. The van der Waals surface area contributed by atoms with Gasteiger partial charge in [0.15, 0.2) is 18.3 Å². The number of aliphatic carboxylic acids is 3. The van der Waals surface area contributed by atoms with Crippen molar-refractivity contribution in [3.8, 4) is 0 Å². The zero-order valence-corrected chi connectivity index (χ0v) is 15.3. The summed E-state index contributed by atoms with van der Waals surface area (Å²) in [5.74, 6) is -3.07. The van der Waals surface area contributed by atoms with Crippen LogP contribution in [-0.4, -0.2) is 69.9 Å². The predicted molar refractivity (Wildman–Crippen MR) is 86.2 cm³/mol. The van der Waals surface area contributed by atoms with Gasteiger partial charge < -0.3 is 29.5 Å². The van der Waals surface area contributed by atoms with Gasteiger partial charge in [0.1, 0.15) is 0 Å². The van der Waals surface area contributed by atoms with Crippen LogP contribution in [0.1, 0.15) is 41.5 Å². The molecule has 0 aliphatic rings. The van der Waals surface area contributed by atoms with Crippen LogP contribution in [-0.2, 0) is 28.6 Å². The zero-order chi connectivity index (χ0) is 19.9. The fourth-order valence-corrected chi connectivity index (χ4v) is 2.32. The van der Waals surface area contributed by atoms with E-state index in [1.165, 1.54) is 20.8 Å². The largest absolute Gasteiger partial charge is 0.479 e.